The Morgan fingerprint density at radius 3 is 2.72 bits per heavy atom. The number of rotatable bonds is 3. The van der Waals surface area contributed by atoms with Crippen molar-refractivity contribution in [1.29, 1.82) is 0 Å². The van der Waals surface area contributed by atoms with Gasteiger partial charge in [0.25, 0.3) is 5.91 Å². The van der Waals surface area contributed by atoms with Crippen LogP contribution in [0.1, 0.15) is 47.6 Å². The minimum atomic E-state index is -0.0422. The number of piperazine rings is 1. The number of H-pyrrole nitrogens is 1. The van der Waals surface area contributed by atoms with Gasteiger partial charge < -0.3 is 9.80 Å². The van der Waals surface area contributed by atoms with E-state index in [0.717, 1.165) is 35.4 Å². The maximum Gasteiger partial charge on any atom is 0.254 e. The monoisotopic (exact) mass is 395 g/mol. The van der Waals surface area contributed by atoms with E-state index >= 15 is 0 Å². The molecule has 1 saturated heterocycles. The Balaban J connectivity index is 1.47. The van der Waals surface area contributed by atoms with Crippen LogP contribution in [-0.2, 0) is 17.6 Å². The number of carbonyl (C=O) groups is 2. The van der Waals surface area contributed by atoms with Crippen molar-refractivity contribution in [2.75, 3.05) is 19.6 Å². The van der Waals surface area contributed by atoms with E-state index in [1.165, 1.54) is 0 Å². The number of hydrogen-bond acceptors (Lipinski definition) is 4. The second-order valence-electron chi connectivity index (χ2n) is 8.62. The van der Waals surface area contributed by atoms with Gasteiger partial charge in [0.1, 0.15) is 0 Å². The van der Waals surface area contributed by atoms with Crippen LogP contribution >= 0.6 is 0 Å². The Morgan fingerprint density at radius 2 is 1.97 bits per heavy atom. The van der Waals surface area contributed by atoms with E-state index in [9.17, 15) is 9.59 Å². The quantitative estimate of drug-likeness (QED) is 0.864. The predicted octanol–water partition coefficient (Wildman–Crippen LogP) is 2.23. The molecule has 1 unspecified atom stereocenters. The Kier molecular flexibility index (Phi) is 5.39. The standard InChI is InChI=1S/C22H29N5O2/c1-14(2)20-13-26(21(28)17-7-8-18-19(12-17)24-25-23-18)9-10-27(20)22(29)16-6-4-5-15(3)11-16/h4-6,11,14,17,20H,7-10,12-13H2,1-3H3,(H,23,24,25)/t17?,20-/m1/s1. The van der Waals surface area contributed by atoms with Crippen LogP contribution in [0, 0.1) is 18.8 Å². The summed E-state index contributed by atoms with van der Waals surface area (Å²) >= 11 is 0. The number of aromatic amines is 1. The number of nitrogens with one attached hydrogen (secondary N) is 1. The average molecular weight is 396 g/mol. The first-order valence-corrected chi connectivity index (χ1v) is 10.5. The molecule has 2 aromatic rings. The Labute approximate surface area is 171 Å². The summed E-state index contributed by atoms with van der Waals surface area (Å²) < 4.78 is 0. The van der Waals surface area contributed by atoms with E-state index in [0.29, 0.717) is 26.1 Å². The van der Waals surface area contributed by atoms with Crippen molar-refractivity contribution in [2.24, 2.45) is 11.8 Å². The van der Waals surface area contributed by atoms with Crippen molar-refractivity contribution in [1.82, 2.24) is 25.2 Å². The fourth-order valence-corrected chi connectivity index (χ4v) is 4.53. The smallest absolute Gasteiger partial charge is 0.254 e. The molecule has 29 heavy (non-hydrogen) atoms. The maximum absolute atomic E-state index is 13.2. The Morgan fingerprint density at radius 1 is 1.17 bits per heavy atom. The molecule has 7 nitrogen and oxygen atoms in total. The molecule has 2 aliphatic rings. The topological polar surface area (TPSA) is 82.2 Å². The molecular weight excluding hydrogens is 366 g/mol. The summed E-state index contributed by atoms with van der Waals surface area (Å²) in [5, 5.41) is 11.0. The van der Waals surface area contributed by atoms with Crippen LogP contribution in [0.15, 0.2) is 24.3 Å². The molecule has 1 aliphatic carbocycles. The fraction of sp³-hybridized carbons (Fsp3) is 0.545. The number of aromatic nitrogens is 3. The van der Waals surface area contributed by atoms with E-state index in [-0.39, 0.29) is 29.7 Å². The van der Waals surface area contributed by atoms with Gasteiger partial charge in [-0.15, -0.1) is 0 Å². The fourth-order valence-electron chi connectivity index (χ4n) is 4.53. The van der Waals surface area contributed by atoms with Crippen molar-refractivity contribution in [3.8, 4) is 0 Å². The molecule has 1 N–H and O–H groups in total. The molecule has 0 bridgehead atoms. The van der Waals surface area contributed by atoms with Crippen molar-refractivity contribution in [3.63, 3.8) is 0 Å². The zero-order chi connectivity index (χ0) is 20.5. The third kappa shape index (κ3) is 3.91. The highest BCUT2D eigenvalue weighted by Crippen LogP contribution is 2.27. The summed E-state index contributed by atoms with van der Waals surface area (Å²) in [5.74, 6) is 0.476. The third-order valence-corrected chi connectivity index (χ3v) is 6.25. The minimum Gasteiger partial charge on any atom is -0.339 e. The first-order valence-electron chi connectivity index (χ1n) is 10.5. The van der Waals surface area contributed by atoms with Crippen LogP contribution in [0.25, 0.3) is 0 Å². The number of fused-ring (bicyclic) bond motifs is 1. The summed E-state index contributed by atoms with van der Waals surface area (Å²) in [6.45, 7) is 7.99. The van der Waals surface area contributed by atoms with Crippen LogP contribution in [0.3, 0.4) is 0 Å². The van der Waals surface area contributed by atoms with Crippen molar-refractivity contribution in [3.05, 3.63) is 46.8 Å². The first-order chi connectivity index (χ1) is 13.9. The Bertz CT molecular complexity index is 906. The lowest BCUT2D eigenvalue weighted by molar-refractivity contribution is -0.139. The third-order valence-electron chi connectivity index (χ3n) is 6.25. The van der Waals surface area contributed by atoms with E-state index < -0.39 is 0 Å². The molecule has 4 rings (SSSR count). The maximum atomic E-state index is 13.2. The number of amides is 2. The van der Waals surface area contributed by atoms with Crippen LogP contribution in [-0.4, -0.2) is 62.7 Å². The highest BCUT2D eigenvalue weighted by atomic mass is 16.2. The van der Waals surface area contributed by atoms with Gasteiger partial charge in [0, 0.05) is 37.5 Å². The molecule has 2 amide bonds. The Hall–Kier alpha value is -2.70. The zero-order valence-electron chi connectivity index (χ0n) is 17.4. The highest BCUT2D eigenvalue weighted by molar-refractivity contribution is 5.95. The van der Waals surface area contributed by atoms with Gasteiger partial charge in [-0.1, -0.05) is 31.5 Å². The van der Waals surface area contributed by atoms with Crippen molar-refractivity contribution in [2.45, 2.75) is 46.1 Å². The number of aryl methyl sites for hydroxylation is 2. The lowest BCUT2D eigenvalue weighted by Crippen LogP contribution is -2.59. The molecule has 2 heterocycles. The predicted molar refractivity (Wildman–Crippen MR) is 109 cm³/mol. The number of hydrogen-bond donors (Lipinski definition) is 1. The summed E-state index contributed by atoms with van der Waals surface area (Å²) in [6, 6.07) is 7.76. The van der Waals surface area contributed by atoms with Gasteiger partial charge in [0.05, 0.1) is 17.4 Å². The first kappa shape index (κ1) is 19.6. The van der Waals surface area contributed by atoms with Crippen LogP contribution < -0.4 is 0 Å². The minimum absolute atomic E-state index is 0.0203. The molecule has 0 spiro atoms. The van der Waals surface area contributed by atoms with Crippen molar-refractivity contribution >= 4 is 11.8 Å². The van der Waals surface area contributed by atoms with Gasteiger partial charge >= 0.3 is 0 Å². The SMILES string of the molecule is Cc1cccc(C(=O)N2CCN(C(=O)C3CCc4n[nH]nc4C3)C[C@@H]2C(C)C)c1. The number of nitrogens with zero attached hydrogens (tertiary/aromatic N) is 4. The van der Waals surface area contributed by atoms with E-state index in [1.54, 1.807) is 0 Å². The molecule has 1 aromatic carbocycles. The van der Waals surface area contributed by atoms with Crippen LogP contribution in [0.5, 0.6) is 0 Å². The summed E-state index contributed by atoms with van der Waals surface area (Å²) in [4.78, 5) is 30.3. The summed E-state index contributed by atoms with van der Waals surface area (Å²) in [5.41, 5.74) is 3.71. The lowest BCUT2D eigenvalue weighted by Gasteiger charge is -2.44. The van der Waals surface area contributed by atoms with E-state index in [1.807, 2.05) is 41.0 Å². The molecular formula is C22H29N5O2. The second kappa shape index (κ2) is 7.97. The molecule has 1 fully saturated rings. The van der Waals surface area contributed by atoms with Gasteiger partial charge in [-0.25, -0.2) is 0 Å². The highest BCUT2D eigenvalue weighted by Gasteiger charge is 2.37. The molecule has 0 radical (unpaired) electrons. The largest absolute Gasteiger partial charge is 0.339 e. The molecule has 1 aliphatic heterocycles. The van der Waals surface area contributed by atoms with Gasteiger partial charge in [0.15, 0.2) is 0 Å². The van der Waals surface area contributed by atoms with Gasteiger partial charge in [-0.05, 0) is 37.8 Å². The van der Waals surface area contributed by atoms with Crippen molar-refractivity contribution < 1.29 is 9.59 Å². The summed E-state index contributed by atoms with van der Waals surface area (Å²) in [7, 11) is 0. The number of carbonyl (C=O) groups excluding carboxylic acids is 2. The molecule has 154 valence electrons. The van der Waals surface area contributed by atoms with E-state index in [4.69, 9.17) is 0 Å². The van der Waals surface area contributed by atoms with Gasteiger partial charge in [-0.3, -0.25) is 9.59 Å². The number of benzene rings is 1. The normalized spacial score (nSPS) is 21.9. The lowest BCUT2D eigenvalue weighted by atomic mass is 9.88. The van der Waals surface area contributed by atoms with Gasteiger partial charge in [0.2, 0.25) is 5.91 Å². The second-order valence-corrected chi connectivity index (χ2v) is 8.62. The average Bonchev–Trinajstić information content (AvgIpc) is 3.20. The molecule has 1 aromatic heterocycles. The van der Waals surface area contributed by atoms with Gasteiger partial charge in [-0.2, -0.15) is 15.4 Å². The zero-order valence-corrected chi connectivity index (χ0v) is 17.4. The molecule has 0 saturated carbocycles. The molecule has 7 heteroatoms. The summed E-state index contributed by atoms with van der Waals surface area (Å²) in [6.07, 6.45) is 2.26. The van der Waals surface area contributed by atoms with Crippen LogP contribution in [0.4, 0.5) is 0 Å². The van der Waals surface area contributed by atoms with E-state index in [2.05, 4.69) is 29.3 Å². The van der Waals surface area contributed by atoms with Crippen LogP contribution in [0.2, 0.25) is 0 Å². The molecule has 2 atom stereocenters.